The van der Waals surface area contributed by atoms with E-state index in [4.69, 9.17) is 9.84 Å². The number of aliphatic hydroxyl groups excluding tert-OH is 1. The number of nitrogens with zero attached hydrogens (tertiary/aromatic N) is 3. The molecule has 0 aromatic heterocycles. The average Bonchev–Trinajstić information content (AvgIpc) is 3.42. The highest BCUT2D eigenvalue weighted by Crippen LogP contribution is 2.60. The Morgan fingerprint density at radius 2 is 1.82 bits per heavy atom. The molecule has 1 spiro atoms. The molecule has 3 heterocycles. The quantitative estimate of drug-likeness (QED) is 0.233. The van der Waals surface area contributed by atoms with Gasteiger partial charge in [0.05, 0.1) is 23.2 Å². The van der Waals surface area contributed by atoms with Crippen LogP contribution in [0.3, 0.4) is 0 Å². The standard InChI is InChI=1S/C36H47N3O5Si/c1-24(2)11-10-12-25(3)19-21-38-31-17-15-28(39-33(41)18-16-30(37-39)27-13-8-7-9-14-27)23-29(31)36(35(38)42)26(4)34(45(5,6)43)32(44-36)20-22-40/h7-9,11,13-15,17,19,23,26,32,34,40,43H,10,12,16,18,20-22H2,1-6H3/b25-19+/t26-,32+,34-,36+/m0/s1. The number of carbonyl (C=O) groups is 2. The summed E-state index contributed by atoms with van der Waals surface area (Å²) < 4.78 is 6.78. The molecule has 2 amide bonds. The topological polar surface area (TPSA) is 103 Å². The van der Waals surface area contributed by atoms with Crippen molar-refractivity contribution in [1.29, 1.82) is 0 Å². The van der Waals surface area contributed by atoms with Gasteiger partial charge in [-0.1, -0.05) is 60.6 Å². The monoisotopic (exact) mass is 629 g/mol. The number of carbonyl (C=O) groups excluding carboxylic acids is 2. The third-order valence-corrected chi connectivity index (χ3v) is 12.0. The normalized spacial score (nSPS) is 25.2. The maximum absolute atomic E-state index is 14.6. The predicted molar refractivity (Wildman–Crippen MR) is 182 cm³/mol. The van der Waals surface area contributed by atoms with Crippen molar-refractivity contribution in [2.45, 2.75) is 90.1 Å². The minimum absolute atomic E-state index is 0.105. The number of aliphatic hydroxyl groups is 1. The lowest BCUT2D eigenvalue weighted by molar-refractivity contribution is -0.146. The summed E-state index contributed by atoms with van der Waals surface area (Å²) in [6.07, 6.45) is 6.90. The highest BCUT2D eigenvalue weighted by molar-refractivity contribution is 6.71. The van der Waals surface area contributed by atoms with Crippen molar-refractivity contribution in [3.8, 4) is 0 Å². The number of benzene rings is 2. The van der Waals surface area contributed by atoms with Crippen LogP contribution in [-0.4, -0.2) is 55.0 Å². The Bertz CT molecular complexity index is 1520. The molecule has 4 atom stereocenters. The molecule has 0 bridgehead atoms. The smallest absolute Gasteiger partial charge is 0.264 e. The largest absolute Gasteiger partial charge is 0.432 e. The first-order chi connectivity index (χ1) is 21.4. The number of amides is 2. The average molecular weight is 630 g/mol. The zero-order valence-electron chi connectivity index (χ0n) is 27.4. The van der Waals surface area contributed by atoms with Crippen LogP contribution >= 0.6 is 0 Å². The van der Waals surface area contributed by atoms with Gasteiger partial charge in [-0.2, -0.15) is 5.10 Å². The van der Waals surface area contributed by atoms with E-state index in [1.54, 1.807) is 4.90 Å². The van der Waals surface area contributed by atoms with Crippen molar-refractivity contribution in [3.05, 3.63) is 83.0 Å². The van der Waals surface area contributed by atoms with E-state index >= 15 is 0 Å². The van der Waals surface area contributed by atoms with E-state index in [0.29, 0.717) is 37.1 Å². The summed E-state index contributed by atoms with van der Waals surface area (Å²) in [6, 6.07) is 15.5. The zero-order valence-corrected chi connectivity index (χ0v) is 28.4. The fraction of sp³-hybridized carbons (Fsp3) is 0.472. The number of allylic oxidation sites excluding steroid dienone is 3. The number of rotatable bonds is 10. The van der Waals surface area contributed by atoms with Crippen LogP contribution in [0.15, 0.2) is 76.9 Å². The first kappa shape index (κ1) is 33.0. The Morgan fingerprint density at radius 3 is 2.49 bits per heavy atom. The molecular weight excluding hydrogens is 582 g/mol. The molecule has 0 aliphatic carbocycles. The van der Waals surface area contributed by atoms with E-state index < -0.39 is 20.0 Å². The van der Waals surface area contributed by atoms with Crippen molar-refractivity contribution in [2.75, 3.05) is 23.1 Å². The summed E-state index contributed by atoms with van der Waals surface area (Å²) in [4.78, 5) is 41.1. The van der Waals surface area contributed by atoms with Crippen LogP contribution in [0.5, 0.6) is 0 Å². The summed E-state index contributed by atoms with van der Waals surface area (Å²) in [5, 5.41) is 16.2. The molecule has 0 unspecified atom stereocenters. The molecule has 0 radical (unpaired) electrons. The Hall–Kier alpha value is -3.37. The van der Waals surface area contributed by atoms with Crippen molar-refractivity contribution in [1.82, 2.24) is 0 Å². The van der Waals surface area contributed by atoms with Crippen LogP contribution in [0, 0.1) is 5.92 Å². The second-order valence-electron chi connectivity index (χ2n) is 13.5. The van der Waals surface area contributed by atoms with Gasteiger partial charge in [-0.3, -0.25) is 9.59 Å². The van der Waals surface area contributed by atoms with Crippen LogP contribution in [-0.2, 0) is 19.9 Å². The Morgan fingerprint density at radius 1 is 1.09 bits per heavy atom. The molecule has 3 aliphatic rings. The third kappa shape index (κ3) is 6.36. The minimum atomic E-state index is -2.83. The van der Waals surface area contributed by atoms with Gasteiger partial charge in [-0.05, 0) is 76.9 Å². The van der Waals surface area contributed by atoms with Crippen molar-refractivity contribution >= 4 is 37.2 Å². The van der Waals surface area contributed by atoms with E-state index in [1.165, 1.54) is 16.2 Å². The number of hydrogen-bond donors (Lipinski definition) is 2. The summed E-state index contributed by atoms with van der Waals surface area (Å²) in [5.41, 5.74) is 4.66. The lowest BCUT2D eigenvalue weighted by atomic mass is 9.82. The second-order valence-corrected chi connectivity index (χ2v) is 17.5. The summed E-state index contributed by atoms with van der Waals surface area (Å²) >= 11 is 0. The summed E-state index contributed by atoms with van der Waals surface area (Å²) in [6.45, 7) is 12.3. The molecule has 45 heavy (non-hydrogen) atoms. The summed E-state index contributed by atoms with van der Waals surface area (Å²) in [5.74, 6) is -0.631. The predicted octanol–water partition coefficient (Wildman–Crippen LogP) is 6.44. The molecule has 5 rings (SSSR count). The van der Waals surface area contributed by atoms with Gasteiger partial charge in [0.2, 0.25) is 5.91 Å². The van der Waals surface area contributed by atoms with Gasteiger partial charge in [0.1, 0.15) is 0 Å². The lowest BCUT2D eigenvalue weighted by Crippen LogP contribution is -2.46. The van der Waals surface area contributed by atoms with Gasteiger partial charge in [-0.15, -0.1) is 0 Å². The van der Waals surface area contributed by atoms with E-state index in [9.17, 15) is 19.5 Å². The molecule has 2 N–H and O–H groups in total. The number of fused-ring (bicyclic) bond motifs is 2. The molecule has 3 aliphatic heterocycles. The Balaban J connectivity index is 1.59. The molecule has 2 aromatic carbocycles. The van der Waals surface area contributed by atoms with Gasteiger partial charge >= 0.3 is 0 Å². The number of ether oxygens (including phenoxy) is 1. The van der Waals surface area contributed by atoms with Crippen LogP contribution in [0.4, 0.5) is 11.4 Å². The van der Waals surface area contributed by atoms with Crippen molar-refractivity contribution in [2.24, 2.45) is 11.0 Å². The highest BCUT2D eigenvalue weighted by atomic mass is 28.4. The maximum Gasteiger partial charge on any atom is 0.264 e. The third-order valence-electron chi connectivity index (χ3n) is 9.48. The molecule has 9 heteroatoms. The second kappa shape index (κ2) is 13.2. The lowest BCUT2D eigenvalue weighted by Gasteiger charge is -2.32. The van der Waals surface area contributed by atoms with Gasteiger partial charge in [-0.25, -0.2) is 5.01 Å². The van der Waals surface area contributed by atoms with Crippen molar-refractivity contribution < 1.29 is 24.2 Å². The first-order valence-corrected chi connectivity index (χ1v) is 19.1. The molecule has 8 nitrogen and oxygen atoms in total. The van der Waals surface area contributed by atoms with Crippen molar-refractivity contribution in [3.63, 3.8) is 0 Å². The van der Waals surface area contributed by atoms with E-state index in [0.717, 1.165) is 29.8 Å². The number of anilines is 2. The minimum Gasteiger partial charge on any atom is -0.432 e. The van der Waals surface area contributed by atoms with E-state index in [1.807, 2.05) is 68.5 Å². The molecular formula is C36H47N3O5Si. The van der Waals surface area contributed by atoms with E-state index in [-0.39, 0.29) is 29.9 Å². The first-order valence-electron chi connectivity index (χ1n) is 16.1. The van der Waals surface area contributed by atoms with Gasteiger partial charge in [0, 0.05) is 43.0 Å². The van der Waals surface area contributed by atoms with Gasteiger partial charge in [0.15, 0.2) is 13.9 Å². The summed E-state index contributed by atoms with van der Waals surface area (Å²) in [7, 11) is -2.83. The zero-order chi connectivity index (χ0) is 32.5. The molecule has 1 saturated heterocycles. The van der Waals surface area contributed by atoms with Gasteiger partial charge in [0.25, 0.3) is 5.91 Å². The van der Waals surface area contributed by atoms with Crippen LogP contribution < -0.4 is 9.91 Å². The van der Waals surface area contributed by atoms with Crippen LogP contribution in [0.2, 0.25) is 18.6 Å². The Labute approximate surface area is 268 Å². The van der Waals surface area contributed by atoms with Gasteiger partial charge < -0.3 is 19.5 Å². The Kier molecular flexibility index (Phi) is 9.65. The fourth-order valence-corrected chi connectivity index (χ4v) is 9.91. The van der Waals surface area contributed by atoms with Crippen LogP contribution in [0.1, 0.15) is 70.9 Å². The highest BCUT2D eigenvalue weighted by Gasteiger charge is 2.66. The molecule has 240 valence electrons. The molecule has 1 fully saturated rings. The van der Waals surface area contributed by atoms with E-state index in [2.05, 4.69) is 32.9 Å². The number of hydrazone groups is 1. The maximum atomic E-state index is 14.6. The number of hydrogen-bond acceptors (Lipinski definition) is 6. The SMILES string of the molecule is CC(C)=CCC/C(C)=C/CN1C(=O)[C@]2(O[C@H](CCO)[C@@H]([Si](C)(C)O)[C@@H]2C)c2cc(N3N=C(c4ccccc4)CCC3=O)ccc21. The molecule has 0 saturated carbocycles. The fourth-order valence-electron chi connectivity index (χ4n) is 7.31. The molecule has 2 aromatic rings. The van der Waals surface area contributed by atoms with Crippen LogP contribution in [0.25, 0.3) is 0 Å².